The van der Waals surface area contributed by atoms with Crippen molar-refractivity contribution in [2.24, 2.45) is 5.41 Å². The molecule has 18 heavy (non-hydrogen) atoms. The molecule has 0 aliphatic heterocycles. The first-order valence-corrected chi connectivity index (χ1v) is 6.57. The summed E-state index contributed by atoms with van der Waals surface area (Å²) in [7, 11) is 0. The number of carbonyl (C=O) groups is 1. The topological polar surface area (TPSA) is 42.0 Å². The first-order chi connectivity index (χ1) is 8.28. The van der Waals surface area contributed by atoms with Crippen molar-refractivity contribution in [2.45, 2.75) is 39.5 Å². The van der Waals surface area contributed by atoms with E-state index in [9.17, 15) is 4.79 Å². The molecule has 0 fully saturated rings. The third-order valence-electron chi connectivity index (χ3n) is 2.44. The van der Waals surface area contributed by atoms with Crippen molar-refractivity contribution in [1.82, 2.24) is 10.3 Å². The summed E-state index contributed by atoms with van der Waals surface area (Å²) in [6.45, 7) is 8.72. The van der Waals surface area contributed by atoms with E-state index in [4.69, 9.17) is 11.6 Å². The molecule has 4 heteroatoms. The van der Waals surface area contributed by atoms with Crippen LogP contribution in [0, 0.1) is 12.3 Å². The number of pyridine rings is 1. The van der Waals surface area contributed by atoms with E-state index in [1.807, 2.05) is 19.1 Å². The summed E-state index contributed by atoms with van der Waals surface area (Å²) in [4.78, 5) is 16.0. The molecule has 1 heterocycles. The van der Waals surface area contributed by atoms with Gasteiger partial charge in [0.05, 0.1) is 5.38 Å². The van der Waals surface area contributed by atoms with Gasteiger partial charge in [-0.15, -0.1) is 11.6 Å². The number of halogens is 1. The highest BCUT2D eigenvalue weighted by molar-refractivity contribution is 6.21. The summed E-state index contributed by atoms with van der Waals surface area (Å²) in [6, 6.07) is 5.39. The van der Waals surface area contributed by atoms with Crippen molar-refractivity contribution in [3.63, 3.8) is 0 Å². The third-order valence-corrected chi connectivity index (χ3v) is 2.75. The molecule has 0 aliphatic carbocycles. The maximum Gasteiger partial charge on any atom is 0.269 e. The van der Waals surface area contributed by atoms with Gasteiger partial charge in [-0.1, -0.05) is 26.8 Å². The van der Waals surface area contributed by atoms with Crippen LogP contribution in [0.5, 0.6) is 0 Å². The van der Waals surface area contributed by atoms with Gasteiger partial charge in [0, 0.05) is 12.2 Å². The molecule has 1 atom stereocenters. The Morgan fingerprint density at radius 2 is 2.11 bits per heavy atom. The Morgan fingerprint density at radius 1 is 1.44 bits per heavy atom. The summed E-state index contributed by atoms with van der Waals surface area (Å²) < 4.78 is 0. The van der Waals surface area contributed by atoms with Crippen molar-refractivity contribution in [3.8, 4) is 0 Å². The van der Waals surface area contributed by atoms with Gasteiger partial charge in [-0.25, -0.2) is 4.98 Å². The number of amides is 1. The predicted molar refractivity (Wildman–Crippen MR) is 75.0 cm³/mol. The van der Waals surface area contributed by atoms with Gasteiger partial charge < -0.3 is 5.32 Å². The van der Waals surface area contributed by atoms with E-state index < -0.39 is 0 Å². The van der Waals surface area contributed by atoms with Crippen LogP contribution in [0.25, 0.3) is 0 Å². The lowest BCUT2D eigenvalue weighted by Crippen LogP contribution is -2.32. The summed E-state index contributed by atoms with van der Waals surface area (Å²) in [6.07, 6.45) is 0.857. The highest BCUT2D eigenvalue weighted by Gasteiger charge is 2.17. The second kappa shape index (κ2) is 6.19. The zero-order valence-electron chi connectivity index (χ0n) is 11.5. The second-order valence-electron chi connectivity index (χ2n) is 5.74. The quantitative estimate of drug-likeness (QED) is 0.853. The van der Waals surface area contributed by atoms with Crippen molar-refractivity contribution in [3.05, 3.63) is 29.6 Å². The zero-order valence-corrected chi connectivity index (χ0v) is 12.2. The minimum absolute atomic E-state index is 0.0567. The first kappa shape index (κ1) is 15.0. The highest BCUT2D eigenvalue weighted by Crippen LogP contribution is 2.23. The van der Waals surface area contributed by atoms with Gasteiger partial charge in [0.25, 0.3) is 5.91 Å². The van der Waals surface area contributed by atoms with E-state index in [2.05, 4.69) is 31.1 Å². The van der Waals surface area contributed by atoms with Gasteiger partial charge in [0.2, 0.25) is 0 Å². The van der Waals surface area contributed by atoms with E-state index in [0.717, 1.165) is 12.1 Å². The maximum absolute atomic E-state index is 11.8. The number of aromatic nitrogens is 1. The number of alkyl halides is 1. The van der Waals surface area contributed by atoms with Crippen molar-refractivity contribution < 1.29 is 4.79 Å². The molecule has 0 radical (unpaired) electrons. The van der Waals surface area contributed by atoms with Gasteiger partial charge in [-0.05, 0) is 30.9 Å². The molecule has 0 bridgehead atoms. The number of hydrogen-bond acceptors (Lipinski definition) is 2. The summed E-state index contributed by atoms with van der Waals surface area (Å²) in [5.41, 5.74) is 1.44. The number of aryl methyl sites for hydroxylation is 1. The molecule has 100 valence electrons. The van der Waals surface area contributed by atoms with E-state index in [0.29, 0.717) is 12.2 Å². The number of nitrogens with one attached hydrogen (secondary N) is 1. The Labute approximate surface area is 114 Å². The lowest BCUT2D eigenvalue weighted by Gasteiger charge is -2.21. The smallest absolute Gasteiger partial charge is 0.269 e. The van der Waals surface area contributed by atoms with Gasteiger partial charge in [0.15, 0.2) is 0 Å². The lowest BCUT2D eigenvalue weighted by molar-refractivity contribution is 0.0947. The largest absolute Gasteiger partial charge is 0.349 e. The van der Waals surface area contributed by atoms with Crippen LogP contribution in [0.2, 0.25) is 0 Å². The molecule has 1 aromatic rings. The fourth-order valence-electron chi connectivity index (χ4n) is 1.70. The number of hydrogen-bond donors (Lipinski definition) is 1. The Balaban J connectivity index is 2.47. The lowest BCUT2D eigenvalue weighted by atomic mass is 9.90. The molecule has 0 aromatic carbocycles. The van der Waals surface area contributed by atoms with Gasteiger partial charge in [-0.3, -0.25) is 4.79 Å². The fourth-order valence-corrected chi connectivity index (χ4v) is 2.24. The van der Waals surface area contributed by atoms with Crippen LogP contribution < -0.4 is 5.32 Å². The van der Waals surface area contributed by atoms with Crippen LogP contribution in [-0.2, 0) is 0 Å². The molecule has 1 amide bonds. The Hall–Kier alpha value is -1.09. The molecular formula is C14H21ClN2O. The monoisotopic (exact) mass is 268 g/mol. The normalized spacial score (nSPS) is 13.2. The molecule has 0 saturated heterocycles. The molecule has 1 aromatic heterocycles. The highest BCUT2D eigenvalue weighted by atomic mass is 35.5. The van der Waals surface area contributed by atoms with E-state index in [1.165, 1.54) is 0 Å². The average molecular weight is 269 g/mol. The second-order valence-corrected chi connectivity index (χ2v) is 6.35. The SMILES string of the molecule is Cc1cccc(C(=O)NCC(Cl)CC(C)(C)C)n1. The number of rotatable bonds is 4. The molecular weight excluding hydrogens is 248 g/mol. The van der Waals surface area contributed by atoms with Crippen LogP contribution in [0.4, 0.5) is 0 Å². The summed E-state index contributed by atoms with van der Waals surface area (Å²) in [5.74, 6) is -0.168. The van der Waals surface area contributed by atoms with Gasteiger partial charge in [-0.2, -0.15) is 0 Å². The predicted octanol–water partition coefficient (Wildman–Crippen LogP) is 3.16. The summed E-state index contributed by atoms with van der Waals surface area (Å²) in [5, 5.41) is 2.76. The minimum Gasteiger partial charge on any atom is -0.349 e. The maximum atomic E-state index is 11.8. The van der Waals surface area contributed by atoms with Gasteiger partial charge >= 0.3 is 0 Å². The van der Waals surface area contributed by atoms with Crippen molar-refractivity contribution >= 4 is 17.5 Å². The Bertz CT molecular complexity index is 413. The van der Waals surface area contributed by atoms with Crippen LogP contribution in [0.3, 0.4) is 0 Å². The Kier molecular flexibility index (Phi) is 5.15. The van der Waals surface area contributed by atoms with Crippen molar-refractivity contribution in [2.75, 3.05) is 6.54 Å². The van der Waals surface area contributed by atoms with Crippen LogP contribution in [0.15, 0.2) is 18.2 Å². The Morgan fingerprint density at radius 3 is 2.67 bits per heavy atom. The molecule has 0 saturated carbocycles. The molecule has 1 unspecified atom stereocenters. The minimum atomic E-state index is -0.168. The molecule has 1 rings (SSSR count). The number of carbonyl (C=O) groups excluding carboxylic acids is 1. The number of nitrogens with zero attached hydrogens (tertiary/aromatic N) is 1. The standard InChI is InChI=1S/C14H21ClN2O/c1-10-6-5-7-12(17-10)13(18)16-9-11(15)8-14(2,3)4/h5-7,11H,8-9H2,1-4H3,(H,16,18). The van der Waals surface area contributed by atoms with E-state index in [-0.39, 0.29) is 16.7 Å². The van der Waals surface area contributed by atoms with Gasteiger partial charge in [0.1, 0.15) is 5.69 Å². The molecule has 0 aliphatic rings. The zero-order chi connectivity index (χ0) is 13.8. The van der Waals surface area contributed by atoms with E-state index in [1.54, 1.807) is 6.07 Å². The molecule has 0 spiro atoms. The fraction of sp³-hybridized carbons (Fsp3) is 0.571. The third kappa shape index (κ3) is 5.50. The molecule has 3 nitrogen and oxygen atoms in total. The van der Waals surface area contributed by atoms with E-state index >= 15 is 0 Å². The van der Waals surface area contributed by atoms with Crippen molar-refractivity contribution in [1.29, 1.82) is 0 Å². The van der Waals surface area contributed by atoms with Crippen LogP contribution in [0.1, 0.15) is 43.4 Å². The first-order valence-electron chi connectivity index (χ1n) is 6.14. The summed E-state index contributed by atoms with van der Waals surface area (Å²) >= 11 is 6.19. The molecule has 1 N–H and O–H groups in total. The van der Waals surface area contributed by atoms with Crippen LogP contribution >= 0.6 is 11.6 Å². The van der Waals surface area contributed by atoms with Crippen LogP contribution in [-0.4, -0.2) is 22.8 Å². The average Bonchev–Trinajstić information content (AvgIpc) is 2.23.